The average molecular weight is 393 g/mol. The zero-order valence-corrected chi connectivity index (χ0v) is 15.3. The van der Waals surface area contributed by atoms with E-state index in [2.05, 4.69) is 5.32 Å². The van der Waals surface area contributed by atoms with Crippen molar-refractivity contribution < 1.29 is 14.0 Å². The molecule has 1 aliphatic heterocycles. The Balaban J connectivity index is 1.58. The lowest BCUT2D eigenvalue weighted by molar-refractivity contribution is -0.122. The summed E-state index contributed by atoms with van der Waals surface area (Å²) in [5, 5.41) is 4.54. The lowest BCUT2D eigenvalue weighted by Gasteiger charge is -2.14. The second-order valence-electron chi connectivity index (χ2n) is 5.16. The van der Waals surface area contributed by atoms with Crippen molar-refractivity contribution in [1.82, 2.24) is 4.90 Å². The topological polar surface area (TPSA) is 49.4 Å². The third-order valence-corrected chi connectivity index (χ3v) is 5.56. The highest BCUT2D eigenvalue weighted by atomic mass is 32.2. The number of nitrogens with zero attached hydrogens (tertiary/aromatic N) is 1. The SMILES string of the molecule is O=C(CCN1C(=O)C(=Cc2cccs2)SC1=S)Nc1cccc(F)c1. The molecule has 0 spiro atoms. The first-order valence-electron chi connectivity index (χ1n) is 7.37. The van der Waals surface area contributed by atoms with E-state index in [4.69, 9.17) is 12.2 Å². The third kappa shape index (κ3) is 4.53. The number of thioether (sulfide) groups is 1. The van der Waals surface area contributed by atoms with Crippen LogP contribution in [0.15, 0.2) is 46.7 Å². The molecule has 0 aliphatic carbocycles. The Bertz CT molecular complexity index is 849. The largest absolute Gasteiger partial charge is 0.326 e. The predicted octanol–water partition coefficient (Wildman–Crippen LogP) is 4.12. The van der Waals surface area contributed by atoms with Gasteiger partial charge < -0.3 is 5.32 Å². The lowest BCUT2D eigenvalue weighted by Crippen LogP contribution is -2.31. The van der Waals surface area contributed by atoms with Gasteiger partial charge in [0.1, 0.15) is 10.1 Å². The maximum atomic E-state index is 13.1. The van der Waals surface area contributed by atoms with E-state index in [1.54, 1.807) is 12.1 Å². The molecule has 4 nitrogen and oxygen atoms in total. The molecular weight excluding hydrogens is 379 g/mol. The molecule has 25 heavy (non-hydrogen) atoms. The monoisotopic (exact) mass is 392 g/mol. The molecule has 1 aromatic heterocycles. The molecule has 1 fully saturated rings. The van der Waals surface area contributed by atoms with Crippen LogP contribution in [0.3, 0.4) is 0 Å². The Labute approximate surface area is 157 Å². The van der Waals surface area contributed by atoms with Gasteiger partial charge in [0.05, 0.1) is 4.91 Å². The quantitative estimate of drug-likeness (QED) is 0.614. The highest BCUT2D eigenvalue weighted by Gasteiger charge is 2.32. The number of amides is 2. The van der Waals surface area contributed by atoms with Crippen molar-refractivity contribution in [2.45, 2.75) is 6.42 Å². The van der Waals surface area contributed by atoms with Crippen LogP contribution in [0.1, 0.15) is 11.3 Å². The molecule has 0 bridgehead atoms. The summed E-state index contributed by atoms with van der Waals surface area (Å²) in [4.78, 5) is 27.4. The first-order valence-corrected chi connectivity index (χ1v) is 9.47. The van der Waals surface area contributed by atoms with Crippen LogP contribution in [0.2, 0.25) is 0 Å². The van der Waals surface area contributed by atoms with E-state index < -0.39 is 5.82 Å². The molecule has 0 atom stereocenters. The van der Waals surface area contributed by atoms with Gasteiger partial charge in [-0.2, -0.15) is 0 Å². The molecular formula is C17H13FN2O2S3. The molecule has 2 aromatic rings. The Hall–Kier alpha value is -2.03. The number of carbonyl (C=O) groups excluding carboxylic acids is 2. The van der Waals surface area contributed by atoms with Gasteiger partial charge in [-0.15, -0.1) is 11.3 Å². The van der Waals surface area contributed by atoms with Crippen LogP contribution in [0.25, 0.3) is 6.08 Å². The smallest absolute Gasteiger partial charge is 0.266 e. The van der Waals surface area contributed by atoms with Crippen molar-refractivity contribution in [3.63, 3.8) is 0 Å². The van der Waals surface area contributed by atoms with Gasteiger partial charge in [0.25, 0.3) is 5.91 Å². The molecule has 0 unspecified atom stereocenters. The Morgan fingerprint density at radius 3 is 2.88 bits per heavy atom. The van der Waals surface area contributed by atoms with E-state index in [0.717, 1.165) is 4.88 Å². The average Bonchev–Trinajstić information content (AvgIpc) is 3.15. The molecule has 2 amide bonds. The van der Waals surface area contributed by atoms with Crippen molar-refractivity contribution in [1.29, 1.82) is 0 Å². The first-order chi connectivity index (χ1) is 12.0. The van der Waals surface area contributed by atoms with Crippen LogP contribution in [0.4, 0.5) is 10.1 Å². The minimum Gasteiger partial charge on any atom is -0.326 e. The number of hydrogen-bond donors (Lipinski definition) is 1. The number of benzene rings is 1. The van der Waals surface area contributed by atoms with Crippen LogP contribution in [0.5, 0.6) is 0 Å². The fourth-order valence-electron chi connectivity index (χ4n) is 2.20. The van der Waals surface area contributed by atoms with Crippen molar-refractivity contribution in [3.05, 3.63) is 57.4 Å². The molecule has 8 heteroatoms. The van der Waals surface area contributed by atoms with Crippen molar-refractivity contribution in [3.8, 4) is 0 Å². The summed E-state index contributed by atoms with van der Waals surface area (Å²) in [5.74, 6) is -0.919. The normalized spacial score (nSPS) is 15.9. The second-order valence-corrected chi connectivity index (χ2v) is 7.81. The third-order valence-electron chi connectivity index (χ3n) is 3.36. The predicted molar refractivity (Wildman–Crippen MR) is 104 cm³/mol. The van der Waals surface area contributed by atoms with Crippen LogP contribution in [-0.4, -0.2) is 27.6 Å². The molecule has 1 aromatic carbocycles. The maximum Gasteiger partial charge on any atom is 0.266 e. The maximum absolute atomic E-state index is 13.1. The van der Waals surface area contributed by atoms with Gasteiger partial charge in [0.2, 0.25) is 5.91 Å². The van der Waals surface area contributed by atoms with E-state index in [9.17, 15) is 14.0 Å². The van der Waals surface area contributed by atoms with E-state index in [1.165, 1.54) is 46.2 Å². The highest BCUT2D eigenvalue weighted by Crippen LogP contribution is 2.33. The van der Waals surface area contributed by atoms with Crippen LogP contribution < -0.4 is 5.32 Å². The molecule has 1 N–H and O–H groups in total. The molecule has 0 saturated carbocycles. The zero-order chi connectivity index (χ0) is 17.8. The number of halogens is 1. The molecule has 128 valence electrons. The minimum absolute atomic E-state index is 0.0786. The van der Waals surface area contributed by atoms with Gasteiger partial charge in [-0.3, -0.25) is 14.5 Å². The number of nitrogens with one attached hydrogen (secondary N) is 1. The lowest BCUT2D eigenvalue weighted by atomic mass is 10.3. The summed E-state index contributed by atoms with van der Waals surface area (Å²) in [7, 11) is 0. The zero-order valence-electron chi connectivity index (χ0n) is 12.9. The van der Waals surface area contributed by atoms with Crippen molar-refractivity contribution in [2.75, 3.05) is 11.9 Å². The summed E-state index contributed by atoms with van der Waals surface area (Å²) < 4.78 is 13.6. The van der Waals surface area contributed by atoms with Gasteiger partial charge >= 0.3 is 0 Å². The number of rotatable bonds is 5. The van der Waals surface area contributed by atoms with Crippen molar-refractivity contribution in [2.24, 2.45) is 0 Å². The van der Waals surface area contributed by atoms with Gasteiger partial charge in [-0.25, -0.2) is 4.39 Å². The van der Waals surface area contributed by atoms with Gasteiger partial charge in [0, 0.05) is 23.5 Å². The van der Waals surface area contributed by atoms with Gasteiger partial charge in [-0.05, 0) is 35.7 Å². The summed E-state index contributed by atoms with van der Waals surface area (Å²) in [6.07, 6.45) is 1.88. The Morgan fingerprint density at radius 1 is 1.32 bits per heavy atom. The number of thiophene rings is 1. The summed E-state index contributed by atoms with van der Waals surface area (Å²) >= 11 is 8.01. The van der Waals surface area contributed by atoms with Crippen molar-refractivity contribution >= 4 is 63.2 Å². The molecule has 2 heterocycles. The molecule has 1 saturated heterocycles. The molecule has 3 rings (SSSR count). The van der Waals surface area contributed by atoms with E-state index in [-0.39, 0.29) is 24.8 Å². The Kier molecular flexibility index (Phi) is 5.62. The van der Waals surface area contributed by atoms with Crippen LogP contribution in [0, 0.1) is 5.82 Å². The minimum atomic E-state index is -0.423. The summed E-state index contributed by atoms with van der Waals surface area (Å²) in [5.41, 5.74) is 0.382. The molecule has 0 radical (unpaired) electrons. The Morgan fingerprint density at radius 2 is 2.16 bits per heavy atom. The van der Waals surface area contributed by atoms with Gasteiger partial charge in [0.15, 0.2) is 0 Å². The summed E-state index contributed by atoms with van der Waals surface area (Å²) in [6.45, 7) is 0.188. The number of carbonyl (C=O) groups is 2. The molecule has 1 aliphatic rings. The van der Waals surface area contributed by atoms with Gasteiger partial charge in [-0.1, -0.05) is 36.1 Å². The second kappa shape index (κ2) is 7.90. The number of thiocarbonyl (C=S) groups is 1. The first kappa shape index (κ1) is 17.8. The summed E-state index contributed by atoms with van der Waals surface area (Å²) in [6, 6.07) is 9.49. The van der Waals surface area contributed by atoms with Crippen LogP contribution in [-0.2, 0) is 9.59 Å². The fourth-order valence-corrected chi connectivity index (χ4v) is 4.23. The van der Waals surface area contributed by atoms with E-state index in [1.807, 2.05) is 17.5 Å². The van der Waals surface area contributed by atoms with Crippen LogP contribution >= 0.6 is 35.3 Å². The number of anilines is 1. The number of hydrogen-bond acceptors (Lipinski definition) is 5. The fraction of sp³-hybridized carbons (Fsp3) is 0.118. The highest BCUT2D eigenvalue weighted by molar-refractivity contribution is 8.26. The van der Waals surface area contributed by atoms with E-state index in [0.29, 0.717) is 14.9 Å². The standard InChI is InChI=1S/C17H13FN2O2S3/c18-11-3-1-4-12(9-11)19-15(21)6-7-20-16(22)14(25-17(20)23)10-13-5-2-8-24-13/h1-5,8-10H,6-7H2,(H,19,21). The van der Waals surface area contributed by atoms with E-state index >= 15 is 0 Å².